The number of esters is 2. The lowest BCUT2D eigenvalue weighted by atomic mass is 9.97. The number of amides is 2. The van der Waals surface area contributed by atoms with Gasteiger partial charge in [-0.15, -0.1) is 0 Å². The molecule has 0 aliphatic carbocycles. The first-order valence-corrected chi connectivity index (χ1v) is 12.0. The van der Waals surface area contributed by atoms with Crippen molar-refractivity contribution in [1.82, 2.24) is 10.2 Å². The van der Waals surface area contributed by atoms with Gasteiger partial charge in [0.05, 0.1) is 12.1 Å². The number of nitrogens with zero attached hydrogens (tertiary/aromatic N) is 1. The van der Waals surface area contributed by atoms with Crippen LogP contribution in [0.25, 0.3) is 0 Å². The molecule has 9 nitrogen and oxygen atoms in total. The average molecular weight is 508 g/mol. The molecule has 0 radical (unpaired) electrons. The van der Waals surface area contributed by atoms with E-state index in [1.165, 1.54) is 18.2 Å². The van der Waals surface area contributed by atoms with Crippen LogP contribution in [0.15, 0.2) is 11.8 Å². The highest BCUT2D eigenvalue weighted by Crippen LogP contribution is 2.23. The largest absolute Gasteiger partial charge is 0.491 e. The van der Waals surface area contributed by atoms with E-state index >= 15 is 0 Å². The highest BCUT2D eigenvalue weighted by molar-refractivity contribution is 5.97. The Balaban J connectivity index is 2.97. The van der Waals surface area contributed by atoms with Gasteiger partial charge >= 0.3 is 18.1 Å². The third kappa shape index (κ3) is 10.3. The molecular weight excluding hydrogens is 471 g/mol. The topological polar surface area (TPSA) is 128 Å². The molecule has 0 aromatic carbocycles. The Morgan fingerprint density at radius 1 is 1.03 bits per heavy atom. The zero-order valence-corrected chi connectivity index (χ0v) is 20.5. The van der Waals surface area contributed by atoms with Crippen LogP contribution in [0.5, 0.6) is 0 Å². The van der Waals surface area contributed by atoms with Crippen molar-refractivity contribution in [2.45, 2.75) is 96.5 Å². The number of hydrogen-bond acceptors (Lipinski definition) is 7. The molecule has 2 amide bonds. The number of nitrogens with one attached hydrogen (secondary N) is 1. The maximum atomic E-state index is 13.3. The first kappa shape index (κ1) is 30.4. The minimum absolute atomic E-state index is 0.368. The summed E-state index contributed by atoms with van der Waals surface area (Å²) in [7, 11) is 0. The fourth-order valence-corrected chi connectivity index (χ4v) is 3.69. The minimum Gasteiger partial charge on any atom is -0.471 e. The number of nitrogens with two attached hydrogens (primary N) is 1. The molecule has 200 valence electrons. The molecule has 3 N–H and O–H groups in total. The Morgan fingerprint density at radius 2 is 1.63 bits per heavy atom. The van der Waals surface area contributed by atoms with E-state index in [2.05, 4.69) is 17.0 Å². The van der Waals surface area contributed by atoms with Gasteiger partial charge in [0, 0.05) is 20.0 Å². The first-order chi connectivity index (χ1) is 16.4. The SMILES string of the molecule is CCCCCCCCCN(CCC)C(=O)[C@@H]1OC(C(=O)OC(=O)C(F)(F)F)=C[C@H](N)[C@H]1NC(C)=O. The Labute approximate surface area is 203 Å². The van der Waals surface area contributed by atoms with Crippen LogP contribution in [0.2, 0.25) is 0 Å². The summed E-state index contributed by atoms with van der Waals surface area (Å²) < 4.78 is 46.6. The molecule has 35 heavy (non-hydrogen) atoms. The van der Waals surface area contributed by atoms with Crippen LogP contribution in [0, 0.1) is 0 Å². The Bertz CT molecular complexity index is 772. The zero-order chi connectivity index (χ0) is 26.6. The van der Waals surface area contributed by atoms with Crippen LogP contribution < -0.4 is 11.1 Å². The molecule has 0 spiro atoms. The van der Waals surface area contributed by atoms with Crippen LogP contribution in [-0.4, -0.2) is 66.1 Å². The summed E-state index contributed by atoms with van der Waals surface area (Å²) in [5, 5.41) is 2.50. The summed E-state index contributed by atoms with van der Waals surface area (Å²) in [6.45, 7) is 5.97. The van der Waals surface area contributed by atoms with Crippen molar-refractivity contribution in [3.05, 3.63) is 11.8 Å². The summed E-state index contributed by atoms with van der Waals surface area (Å²) in [6.07, 6.45) is 1.90. The van der Waals surface area contributed by atoms with E-state index in [-0.39, 0.29) is 0 Å². The van der Waals surface area contributed by atoms with Gasteiger partial charge in [-0.2, -0.15) is 13.2 Å². The van der Waals surface area contributed by atoms with Crippen LogP contribution in [0.4, 0.5) is 13.2 Å². The van der Waals surface area contributed by atoms with Gasteiger partial charge in [0.1, 0.15) is 0 Å². The van der Waals surface area contributed by atoms with Gasteiger partial charge in [-0.1, -0.05) is 52.4 Å². The standard InChI is InChI=1S/C23H36F3N3O6/c1-4-6-7-8-9-10-11-13-29(12-5-2)20(31)19-18(28-15(3)30)16(27)14-17(34-19)21(32)35-22(33)23(24,25)26/h14,16,18-19H,4-13,27H2,1-3H3,(H,28,30)/t16-,18+,19+/m0/s1. The molecule has 0 bridgehead atoms. The number of hydrogen-bond donors (Lipinski definition) is 2. The normalized spacial score (nSPS) is 19.9. The van der Waals surface area contributed by atoms with Crippen molar-refractivity contribution in [3.63, 3.8) is 0 Å². The summed E-state index contributed by atoms with van der Waals surface area (Å²) >= 11 is 0. The monoisotopic (exact) mass is 507 g/mol. The molecule has 1 heterocycles. The molecule has 0 aromatic rings. The molecule has 0 aromatic heterocycles. The predicted octanol–water partition coefficient (Wildman–Crippen LogP) is 2.72. The van der Waals surface area contributed by atoms with Crippen molar-refractivity contribution in [2.24, 2.45) is 5.73 Å². The molecule has 0 saturated heterocycles. The Kier molecular flexibility index (Phi) is 12.8. The van der Waals surface area contributed by atoms with Gasteiger partial charge in [0.2, 0.25) is 11.7 Å². The molecule has 1 rings (SSSR count). The van der Waals surface area contributed by atoms with Crippen molar-refractivity contribution < 1.29 is 41.8 Å². The second-order valence-electron chi connectivity index (χ2n) is 8.49. The van der Waals surface area contributed by atoms with Crippen molar-refractivity contribution in [2.75, 3.05) is 13.1 Å². The number of ether oxygens (including phenoxy) is 2. The second kappa shape index (κ2) is 14.7. The molecular formula is C23H36F3N3O6. The first-order valence-electron chi connectivity index (χ1n) is 12.0. The quantitative estimate of drug-likeness (QED) is 0.223. The van der Waals surface area contributed by atoms with E-state index < -0.39 is 53.9 Å². The lowest BCUT2D eigenvalue weighted by Gasteiger charge is -2.37. The number of alkyl halides is 3. The zero-order valence-electron chi connectivity index (χ0n) is 20.5. The Morgan fingerprint density at radius 3 is 2.17 bits per heavy atom. The molecule has 3 atom stereocenters. The van der Waals surface area contributed by atoms with Crippen molar-refractivity contribution in [3.8, 4) is 0 Å². The fourth-order valence-electron chi connectivity index (χ4n) is 3.69. The highest BCUT2D eigenvalue weighted by Gasteiger charge is 2.46. The van der Waals surface area contributed by atoms with Crippen molar-refractivity contribution >= 4 is 23.8 Å². The number of rotatable bonds is 13. The van der Waals surface area contributed by atoms with Crippen LogP contribution in [0.1, 0.15) is 72.1 Å². The van der Waals surface area contributed by atoms with Gasteiger partial charge in [0.15, 0.2) is 6.10 Å². The molecule has 1 aliphatic heterocycles. The van der Waals surface area contributed by atoms with Crippen molar-refractivity contribution in [1.29, 1.82) is 0 Å². The summed E-state index contributed by atoms with van der Waals surface area (Å²) in [5.41, 5.74) is 6.00. The summed E-state index contributed by atoms with van der Waals surface area (Å²) in [6, 6.07) is -2.24. The number of unbranched alkanes of at least 4 members (excludes halogenated alkanes) is 6. The highest BCUT2D eigenvalue weighted by atomic mass is 19.4. The van der Waals surface area contributed by atoms with Gasteiger partial charge in [-0.05, 0) is 18.9 Å². The van der Waals surface area contributed by atoms with E-state index in [9.17, 15) is 32.3 Å². The average Bonchev–Trinajstić information content (AvgIpc) is 2.77. The predicted molar refractivity (Wildman–Crippen MR) is 121 cm³/mol. The van der Waals surface area contributed by atoms with Gasteiger partial charge < -0.3 is 25.4 Å². The van der Waals surface area contributed by atoms with Gasteiger partial charge in [-0.25, -0.2) is 9.59 Å². The number of carbonyl (C=O) groups excluding carboxylic acids is 4. The van der Waals surface area contributed by atoms with E-state index in [4.69, 9.17) is 10.5 Å². The molecule has 1 aliphatic rings. The van der Waals surface area contributed by atoms with Crippen LogP contribution >= 0.6 is 0 Å². The van der Waals surface area contributed by atoms with Gasteiger partial charge in [-0.3, -0.25) is 9.59 Å². The maximum absolute atomic E-state index is 13.3. The molecule has 12 heteroatoms. The van der Waals surface area contributed by atoms with E-state index in [1.54, 1.807) is 0 Å². The number of halogens is 3. The van der Waals surface area contributed by atoms with E-state index in [0.717, 1.165) is 44.6 Å². The second-order valence-corrected chi connectivity index (χ2v) is 8.49. The maximum Gasteiger partial charge on any atom is 0.491 e. The third-order valence-corrected chi connectivity index (χ3v) is 5.41. The smallest absolute Gasteiger partial charge is 0.471 e. The van der Waals surface area contributed by atoms with Crippen LogP contribution in [0.3, 0.4) is 0 Å². The fraction of sp³-hybridized carbons (Fsp3) is 0.739. The summed E-state index contributed by atoms with van der Waals surface area (Å²) in [4.78, 5) is 49.7. The van der Waals surface area contributed by atoms with Gasteiger partial charge in [0.25, 0.3) is 5.91 Å². The van der Waals surface area contributed by atoms with E-state index in [1.807, 2.05) is 6.92 Å². The Hall–Kier alpha value is -2.63. The lowest BCUT2D eigenvalue weighted by molar-refractivity contribution is -0.202. The lowest BCUT2D eigenvalue weighted by Crippen LogP contribution is -2.61. The minimum atomic E-state index is -5.39. The molecule has 0 saturated carbocycles. The molecule has 0 unspecified atom stereocenters. The molecule has 0 fully saturated rings. The van der Waals surface area contributed by atoms with E-state index in [0.29, 0.717) is 19.5 Å². The number of carbonyl (C=O) groups is 4. The third-order valence-electron chi connectivity index (χ3n) is 5.41. The summed E-state index contributed by atoms with van der Waals surface area (Å²) in [5.74, 6) is -6.35. The van der Waals surface area contributed by atoms with Crippen LogP contribution in [-0.2, 0) is 28.7 Å².